The van der Waals surface area contributed by atoms with Gasteiger partial charge in [-0.2, -0.15) is 0 Å². The molecule has 0 aliphatic rings. The van der Waals surface area contributed by atoms with Crippen LogP contribution in [0.1, 0.15) is 24.0 Å². The molecular weight excluding hydrogens is 278 g/mol. The summed E-state index contributed by atoms with van der Waals surface area (Å²) in [7, 11) is 4.10. The molecule has 19 heavy (non-hydrogen) atoms. The Morgan fingerprint density at radius 2 is 2.00 bits per heavy atom. The Hall–Kier alpha value is -1.05. The highest BCUT2D eigenvalue weighted by Crippen LogP contribution is 2.33. The topological polar surface area (TPSA) is 53.9 Å². The number of rotatable bonds is 6. The van der Waals surface area contributed by atoms with Crippen LogP contribution >= 0.6 is 22.7 Å². The van der Waals surface area contributed by atoms with Crippen LogP contribution in [0, 0.1) is 6.92 Å². The minimum Gasteiger partial charge on any atom is -0.360 e. The predicted octanol–water partition coefficient (Wildman–Crippen LogP) is 2.85. The first-order valence-electron chi connectivity index (χ1n) is 6.29. The summed E-state index contributed by atoms with van der Waals surface area (Å²) in [5.74, 6) is 0. The van der Waals surface area contributed by atoms with Crippen molar-refractivity contribution >= 4 is 27.8 Å². The summed E-state index contributed by atoms with van der Waals surface area (Å²) in [5, 5.41) is 14.7. The largest absolute Gasteiger partial charge is 0.360 e. The Bertz CT molecular complexity index is 532. The van der Waals surface area contributed by atoms with Crippen LogP contribution in [-0.2, 0) is 6.54 Å². The molecule has 0 spiro atoms. The van der Waals surface area contributed by atoms with Gasteiger partial charge in [0.1, 0.15) is 5.01 Å². The van der Waals surface area contributed by atoms with E-state index in [1.165, 1.54) is 0 Å². The van der Waals surface area contributed by atoms with Crippen molar-refractivity contribution in [3.63, 3.8) is 0 Å². The van der Waals surface area contributed by atoms with Gasteiger partial charge in [0.05, 0.1) is 10.6 Å². The van der Waals surface area contributed by atoms with Crippen molar-refractivity contribution in [2.45, 2.75) is 26.8 Å². The summed E-state index contributed by atoms with van der Waals surface area (Å²) in [6, 6.07) is 0. The quantitative estimate of drug-likeness (QED) is 0.888. The predicted molar refractivity (Wildman–Crippen MR) is 81.9 cm³/mol. The summed E-state index contributed by atoms with van der Waals surface area (Å²) in [6.45, 7) is 5.97. The number of anilines is 1. The van der Waals surface area contributed by atoms with Gasteiger partial charge in [0, 0.05) is 13.1 Å². The highest BCUT2D eigenvalue weighted by Gasteiger charge is 2.14. The van der Waals surface area contributed by atoms with Crippen molar-refractivity contribution in [1.29, 1.82) is 0 Å². The Kier molecular flexibility index (Phi) is 4.84. The second-order valence-corrected chi connectivity index (χ2v) is 6.66. The lowest BCUT2D eigenvalue weighted by molar-refractivity contribution is 0.401. The molecule has 0 unspecified atom stereocenters. The van der Waals surface area contributed by atoms with Crippen LogP contribution in [0.5, 0.6) is 0 Å². The molecule has 5 nitrogen and oxygen atoms in total. The maximum atomic E-state index is 4.59. The van der Waals surface area contributed by atoms with Crippen molar-refractivity contribution < 1.29 is 0 Å². The molecule has 0 aliphatic carbocycles. The molecule has 0 atom stereocenters. The molecule has 0 radical (unpaired) electrons. The summed E-state index contributed by atoms with van der Waals surface area (Å²) in [4.78, 5) is 7.85. The molecular formula is C12H19N5S2. The molecule has 2 aromatic heterocycles. The highest BCUT2D eigenvalue weighted by atomic mass is 32.1. The molecule has 2 aromatic rings. The van der Waals surface area contributed by atoms with Gasteiger partial charge < -0.3 is 10.2 Å². The van der Waals surface area contributed by atoms with Crippen molar-refractivity contribution in [3.8, 4) is 9.88 Å². The third-order valence-electron chi connectivity index (χ3n) is 2.44. The monoisotopic (exact) mass is 297 g/mol. The van der Waals surface area contributed by atoms with Gasteiger partial charge in [0.2, 0.25) is 5.13 Å². The van der Waals surface area contributed by atoms with Crippen LogP contribution in [0.3, 0.4) is 0 Å². The SMILES string of the molecule is CCCNc1nnc(-c2sc(CN(C)C)nc2C)s1. The first-order valence-corrected chi connectivity index (χ1v) is 7.92. The van der Waals surface area contributed by atoms with Gasteiger partial charge in [-0.3, -0.25) is 0 Å². The molecule has 0 saturated heterocycles. The summed E-state index contributed by atoms with van der Waals surface area (Å²) in [5.41, 5.74) is 1.04. The Morgan fingerprint density at radius 3 is 2.68 bits per heavy atom. The van der Waals surface area contributed by atoms with Crippen LogP contribution in [-0.4, -0.2) is 40.7 Å². The fourth-order valence-corrected chi connectivity index (χ4v) is 3.68. The van der Waals surface area contributed by atoms with Crippen LogP contribution in [0.2, 0.25) is 0 Å². The molecule has 0 fully saturated rings. The standard InChI is InChI=1S/C12H19N5S2/c1-5-6-13-12-16-15-11(19-12)10-8(2)14-9(18-10)7-17(3)4/h5-7H2,1-4H3,(H,13,16). The second kappa shape index (κ2) is 6.40. The molecule has 0 amide bonds. The van der Waals surface area contributed by atoms with E-state index in [-0.39, 0.29) is 0 Å². The number of hydrogen-bond acceptors (Lipinski definition) is 7. The van der Waals surface area contributed by atoms with Gasteiger partial charge in [-0.05, 0) is 27.4 Å². The molecule has 0 bridgehead atoms. The van der Waals surface area contributed by atoms with Crippen LogP contribution in [0.25, 0.3) is 9.88 Å². The summed E-state index contributed by atoms with van der Waals surface area (Å²) in [6.07, 6.45) is 1.08. The molecule has 2 heterocycles. The number of aromatic nitrogens is 3. The van der Waals surface area contributed by atoms with Crippen molar-refractivity contribution in [2.75, 3.05) is 26.0 Å². The molecule has 1 N–H and O–H groups in total. The van der Waals surface area contributed by atoms with E-state index in [9.17, 15) is 0 Å². The number of thiazole rings is 1. The normalized spacial score (nSPS) is 11.2. The zero-order chi connectivity index (χ0) is 13.8. The molecule has 104 valence electrons. The van der Waals surface area contributed by atoms with Gasteiger partial charge in [0.15, 0.2) is 5.01 Å². The zero-order valence-electron chi connectivity index (χ0n) is 11.7. The third kappa shape index (κ3) is 3.71. The molecule has 0 saturated carbocycles. The first-order chi connectivity index (χ1) is 9.10. The Morgan fingerprint density at radius 1 is 1.21 bits per heavy atom. The van der Waals surface area contributed by atoms with E-state index >= 15 is 0 Å². The van der Waals surface area contributed by atoms with E-state index < -0.39 is 0 Å². The van der Waals surface area contributed by atoms with Crippen LogP contribution in [0.4, 0.5) is 5.13 Å². The highest BCUT2D eigenvalue weighted by molar-refractivity contribution is 7.23. The fraction of sp³-hybridized carbons (Fsp3) is 0.583. The Labute approximate surface area is 121 Å². The van der Waals surface area contributed by atoms with E-state index in [0.717, 1.165) is 45.2 Å². The molecule has 7 heteroatoms. The van der Waals surface area contributed by atoms with E-state index in [0.29, 0.717) is 0 Å². The summed E-state index contributed by atoms with van der Waals surface area (Å²) >= 11 is 3.30. The summed E-state index contributed by atoms with van der Waals surface area (Å²) < 4.78 is 0. The maximum absolute atomic E-state index is 4.59. The average molecular weight is 297 g/mol. The minimum absolute atomic E-state index is 0.866. The van der Waals surface area contributed by atoms with Gasteiger partial charge in [-0.25, -0.2) is 4.98 Å². The lowest BCUT2D eigenvalue weighted by Crippen LogP contribution is -2.10. The van der Waals surface area contributed by atoms with Crippen LogP contribution in [0.15, 0.2) is 0 Å². The van der Waals surface area contributed by atoms with Crippen molar-refractivity contribution in [1.82, 2.24) is 20.1 Å². The Balaban J connectivity index is 2.16. The fourth-order valence-electron chi connectivity index (χ4n) is 1.61. The van der Waals surface area contributed by atoms with Gasteiger partial charge in [-0.15, -0.1) is 21.5 Å². The zero-order valence-corrected chi connectivity index (χ0v) is 13.4. The van der Waals surface area contributed by atoms with E-state index in [2.05, 4.69) is 32.3 Å². The maximum Gasteiger partial charge on any atom is 0.206 e. The number of aryl methyl sites for hydroxylation is 1. The van der Waals surface area contributed by atoms with Crippen molar-refractivity contribution in [3.05, 3.63) is 10.7 Å². The molecule has 0 aromatic carbocycles. The van der Waals surface area contributed by atoms with E-state index in [4.69, 9.17) is 0 Å². The molecule has 2 rings (SSSR count). The molecule has 0 aliphatic heterocycles. The first kappa shape index (κ1) is 14.4. The van der Waals surface area contributed by atoms with Crippen molar-refractivity contribution in [2.24, 2.45) is 0 Å². The number of hydrogen-bond donors (Lipinski definition) is 1. The minimum atomic E-state index is 0.866. The lowest BCUT2D eigenvalue weighted by atomic mass is 10.4. The van der Waals surface area contributed by atoms with Crippen LogP contribution < -0.4 is 5.32 Å². The second-order valence-electron chi connectivity index (χ2n) is 4.60. The van der Waals surface area contributed by atoms with Gasteiger partial charge in [-0.1, -0.05) is 18.3 Å². The van der Waals surface area contributed by atoms with Gasteiger partial charge >= 0.3 is 0 Å². The smallest absolute Gasteiger partial charge is 0.206 e. The van der Waals surface area contributed by atoms with E-state index in [1.54, 1.807) is 22.7 Å². The number of nitrogens with zero attached hydrogens (tertiary/aromatic N) is 4. The third-order valence-corrected chi connectivity index (χ3v) is 4.61. The lowest BCUT2D eigenvalue weighted by Gasteiger charge is -2.04. The van der Waals surface area contributed by atoms with Gasteiger partial charge in [0.25, 0.3) is 0 Å². The average Bonchev–Trinajstić information content (AvgIpc) is 2.92. The van der Waals surface area contributed by atoms with E-state index in [1.807, 2.05) is 21.0 Å². The number of nitrogens with one attached hydrogen (secondary N) is 1.